The minimum absolute atomic E-state index is 0.869. The lowest BCUT2D eigenvalue weighted by atomic mass is 10.4. The zero-order valence-electron chi connectivity index (χ0n) is 9.35. The predicted octanol–water partition coefficient (Wildman–Crippen LogP) is 3.82. The minimum atomic E-state index is 0.869. The number of halogens is 1. The first-order chi connectivity index (χ1) is 8.29. The van der Waals surface area contributed by atoms with E-state index in [1.54, 1.807) is 24.2 Å². The number of rotatable bonds is 4. The van der Waals surface area contributed by atoms with Crippen LogP contribution in [0.4, 0.5) is 5.82 Å². The second kappa shape index (κ2) is 6.02. The van der Waals surface area contributed by atoms with Crippen molar-refractivity contribution in [2.45, 2.75) is 16.8 Å². The van der Waals surface area contributed by atoms with Crippen LogP contribution >= 0.6 is 27.7 Å². The van der Waals surface area contributed by atoms with Gasteiger partial charge in [-0.25, -0.2) is 9.97 Å². The Bertz CT molecular complexity index is 505. The Balaban J connectivity index is 2.18. The summed E-state index contributed by atoms with van der Waals surface area (Å²) in [6, 6.07) is 7.90. The molecule has 2 rings (SSSR count). The summed E-state index contributed by atoms with van der Waals surface area (Å²) in [4.78, 5) is 9.68. The van der Waals surface area contributed by atoms with Crippen molar-refractivity contribution >= 4 is 33.5 Å². The van der Waals surface area contributed by atoms with Gasteiger partial charge in [0.05, 0.1) is 4.47 Å². The van der Waals surface area contributed by atoms with Crippen molar-refractivity contribution in [2.24, 2.45) is 0 Å². The fourth-order valence-electron chi connectivity index (χ4n) is 1.31. The quantitative estimate of drug-likeness (QED) is 0.931. The van der Waals surface area contributed by atoms with Gasteiger partial charge in [-0.05, 0) is 47.1 Å². The van der Waals surface area contributed by atoms with Gasteiger partial charge in [-0.1, -0.05) is 11.8 Å². The highest BCUT2D eigenvalue weighted by molar-refractivity contribution is 9.10. The second-order valence-electron chi connectivity index (χ2n) is 3.30. The first-order valence-corrected chi connectivity index (χ1v) is 6.89. The summed E-state index contributed by atoms with van der Waals surface area (Å²) in [5, 5.41) is 4.15. The Morgan fingerprint density at radius 2 is 2.18 bits per heavy atom. The molecule has 88 valence electrons. The van der Waals surface area contributed by atoms with Gasteiger partial charge in [0.1, 0.15) is 10.8 Å². The maximum absolute atomic E-state index is 4.32. The molecule has 2 aromatic heterocycles. The third-order valence-corrected chi connectivity index (χ3v) is 3.94. The third-order valence-electron chi connectivity index (χ3n) is 2.03. The van der Waals surface area contributed by atoms with Crippen LogP contribution < -0.4 is 5.32 Å². The molecule has 0 aliphatic heterocycles. The maximum atomic E-state index is 4.32. The Morgan fingerprint density at radius 1 is 1.29 bits per heavy atom. The molecule has 0 spiro atoms. The first-order valence-electron chi connectivity index (χ1n) is 5.28. The zero-order chi connectivity index (χ0) is 12.1. The number of anilines is 1. The van der Waals surface area contributed by atoms with Gasteiger partial charge < -0.3 is 5.32 Å². The van der Waals surface area contributed by atoms with E-state index in [1.165, 1.54) is 0 Å². The van der Waals surface area contributed by atoms with Crippen molar-refractivity contribution in [3.8, 4) is 0 Å². The highest BCUT2D eigenvalue weighted by Gasteiger charge is 2.04. The largest absolute Gasteiger partial charge is 0.370 e. The fourth-order valence-corrected chi connectivity index (χ4v) is 2.61. The molecular formula is C12H12BrN3S. The van der Waals surface area contributed by atoms with E-state index in [2.05, 4.69) is 38.1 Å². The third kappa shape index (κ3) is 3.44. The number of aromatic nitrogens is 2. The lowest BCUT2D eigenvalue weighted by molar-refractivity contribution is 1.10. The molecule has 0 aliphatic carbocycles. The average Bonchev–Trinajstić information content (AvgIpc) is 2.33. The van der Waals surface area contributed by atoms with E-state index >= 15 is 0 Å². The predicted molar refractivity (Wildman–Crippen MR) is 74.5 cm³/mol. The minimum Gasteiger partial charge on any atom is -0.370 e. The van der Waals surface area contributed by atoms with Crippen LogP contribution in [-0.2, 0) is 0 Å². The molecule has 17 heavy (non-hydrogen) atoms. The van der Waals surface area contributed by atoms with E-state index in [0.29, 0.717) is 0 Å². The van der Waals surface area contributed by atoms with Gasteiger partial charge in [0.25, 0.3) is 0 Å². The second-order valence-corrected chi connectivity index (χ2v) is 5.22. The summed E-state index contributed by atoms with van der Waals surface area (Å²) in [5.74, 6) is 0.893. The van der Waals surface area contributed by atoms with Crippen LogP contribution in [0.5, 0.6) is 0 Å². The van der Waals surface area contributed by atoms with Crippen LogP contribution in [0.1, 0.15) is 6.92 Å². The topological polar surface area (TPSA) is 37.8 Å². The Kier molecular flexibility index (Phi) is 4.39. The molecule has 0 aromatic carbocycles. The highest BCUT2D eigenvalue weighted by atomic mass is 79.9. The van der Waals surface area contributed by atoms with Crippen molar-refractivity contribution in [1.29, 1.82) is 0 Å². The molecule has 0 aliphatic rings. The standard InChI is InChI=1S/C12H12BrN3S/c1-2-14-11-8-9(5-7-15-11)17-12-10(13)4-3-6-16-12/h3-8H,2H2,1H3,(H,14,15). The van der Waals surface area contributed by atoms with Crippen molar-refractivity contribution in [3.63, 3.8) is 0 Å². The summed E-state index contributed by atoms with van der Waals surface area (Å²) < 4.78 is 1.01. The first kappa shape index (κ1) is 12.4. The van der Waals surface area contributed by atoms with Crippen molar-refractivity contribution in [2.75, 3.05) is 11.9 Å². The smallest absolute Gasteiger partial charge is 0.126 e. The number of nitrogens with zero attached hydrogens (tertiary/aromatic N) is 2. The molecule has 2 aromatic rings. The van der Waals surface area contributed by atoms with Crippen LogP contribution in [0.15, 0.2) is 51.1 Å². The summed E-state index contributed by atoms with van der Waals surface area (Å²) in [6.07, 6.45) is 3.59. The lowest BCUT2D eigenvalue weighted by Gasteiger charge is -2.05. The Labute approximate surface area is 113 Å². The van der Waals surface area contributed by atoms with E-state index in [-0.39, 0.29) is 0 Å². The summed E-state index contributed by atoms with van der Waals surface area (Å²) in [6.45, 7) is 2.92. The average molecular weight is 310 g/mol. The van der Waals surface area contributed by atoms with Crippen LogP contribution in [0, 0.1) is 0 Å². The molecule has 0 amide bonds. The van der Waals surface area contributed by atoms with Gasteiger partial charge in [-0.3, -0.25) is 0 Å². The molecule has 0 unspecified atom stereocenters. The molecular weight excluding hydrogens is 298 g/mol. The normalized spacial score (nSPS) is 10.2. The van der Waals surface area contributed by atoms with Gasteiger partial charge >= 0.3 is 0 Å². The van der Waals surface area contributed by atoms with Gasteiger partial charge in [-0.2, -0.15) is 0 Å². The molecule has 0 saturated carbocycles. The number of nitrogens with one attached hydrogen (secondary N) is 1. The SMILES string of the molecule is CCNc1cc(Sc2ncccc2Br)ccn1. The summed E-state index contributed by atoms with van der Waals surface area (Å²) in [7, 11) is 0. The fraction of sp³-hybridized carbons (Fsp3) is 0.167. The van der Waals surface area contributed by atoms with Crippen LogP contribution in [-0.4, -0.2) is 16.5 Å². The van der Waals surface area contributed by atoms with Gasteiger partial charge in [0.15, 0.2) is 0 Å². The van der Waals surface area contributed by atoms with E-state index in [0.717, 1.165) is 26.8 Å². The lowest BCUT2D eigenvalue weighted by Crippen LogP contribution is -1.98. The Morgan fingerprint density at radius 3 is 2.94 bits per heavy atom. The zero-order valence-corrected chi connectivity index (χ0v) is 11.8. The van der Waals surface area contributed by atoms with Crippen molar-refractivity contribution < 1.29 is 0 Å². The van der Waals surface area contributed by atoms with Gasteiger partial charge in [0.2, 0.25) is 0 Å². The highest BCUT2D eigenvalue weighted by Crippen LogP contribution is 2.31. The summed E-state index contributed by atoms with van der Waals surface area (Å²) in [5.41, 5.74) is 0. The molecule has 0 bridgehead atoms. The molecule has 5 heteroatoms. The van der Waals surface area contributed by atoms with Gasteiger partial charge in [-0.15, -0.1) is 0 Å². The van der Waals surface area contributed by atoms with Crippen molar-refractivity contribution in [3.05, 3.63) is 41.1 Å². The van der Waals surface area contributed by atoms with E-state index in [4.69, 9.17) is 0 Å². The maximum Gasteiger partial charge on any atom is 0.126 e. The molecule has 3 nitrogen and oxygen atoms in total. The molecule has 0 radical (unpaired) electrons. The molecule has 0 saturated heterocycles. The summed E-state index contributed by atoms with van der Waals surface area (Å²) >= 11 is 5.10. The van der Waals surface area contributed by atoms with Crippen LogP contribution in [0.2, 0.25) is 0 Å². The number of pyridine rings is 2. The van der Waals surface area contributed by atoms with Crippen molar-refractivity contribution in [1.82, 2.24) is 9.97 Å². The van der Waals surface area contributed by atoms with E-state index in [1.807, 2.05) is 24.3 Å². The van der Waals surface area contributed by atoms with Crippen LogP contribution in [0.3, 0.4) is 0 Å². The Hall–Kier alpha value is -1.07. The van der Waals surface area contributed by atoms with E-state index < -0.39 is 0 Å². The van der Waals surface area contributed by atoms with Crippen LogP contribution in [0.25, 0.3) is 0 Å². The van der Waals surface area contributed by atoms with Gasteiger partial charge in [0, 0.05) is 23.8 Å². The monoisotopic (exact) mass is 309 g/mol. The molecule has 2 heterocycles. The van der Waals surface area contributed by atoms with E-state index in [9.17, 15) is 0 Å². The number of hydrogen-bond donors (Lipinski definition) is 1. The molecule has 1 N–H and O–H groups in total. The molecule has 0 fully saturated rings. The number of hydrogen-bond acceptors (Lipinski definition) is 4. The molecule has 0 atom stereocenters.